The minimum atomic E-state index is -0.763. The highest BCUT2D eigenvalue weighted by Gasteiger charge is 2.20. The summed E-state index contributed by atoms with van der Waals surface area (Å²) in [6.07, 6.45) is 4.15. The van der Waals surface area contributed by atoms with Crippen LogP contribution in [0.25, 0.3) is 11.0 Å². The second-order valence-electron chi connectivity index (χ2n) is 8.20. The summed E-state index contributed by atoms with van der Waals surface area (Å²) in [6.45, 7) is 4.24. The Hall–Kier alpha value is -3.48. The number of hydrogen-bond acceptors (Lipinski definition) is 6. The quantitative estimate of drug-likeness (QED) is 0.530. The Bertz CT molecular complexity index is 1320. The normalized spacial score (nSPS) is 15.1. The number of rotatable bonds is 4. The molecule has 6 heteroatoms. The van der Waals surface area contributed by atoms with Crippen molar-refractivity contribution in [3.8, 4) is 5.75 Å². The second kappa shape index (κ2) is 8.57. The van der Waals surface area contributed by atoms with Gasteiger partial charge in [0.2, 0.25) is 0 Å². The number of fused-ring (bicyclic) bond motifs is 2. The van der Waals surface area contributed by atoms with Crippen molar-refractivity contribution in [3.05, 3.63) is 105 Å². The number of aliphatic hydroxyl groups is 1. The van der Waals surface area contributed by atoms with Crippen LogP contribution in [0, 0.1) is 6.92 Å². The molecule has 3 heterocycles. The Morgan fingerprint density at radius 1 is 1.16 bits per heavy atom. The fraction of sp³-hybridized carbons (Fsp3) is 0.231. The van der Waals surface area contributed by atoms with Crippen molar-refractivity contribution in [2.45, 2.75) is 26.1 Å². The van der Waals surface area contributed by atoms with Crippen LogP contribution in [0.4, 0.5) is 0 Å². The van der Waals surface area contributed by atoms with Crippen LogP contribution in [0.5, 0.6) is 5.75 Å². The molecule has 0 saturated carbocycles. The number of ether oxygens (including phenoxy) is 1. The molecule has 6 nitrogen and oxygen atoms in total. The molecule has 1 aliphatic heterocycles. The van der Waals surface area contributed by atoms with Gasteiger partial charge in [-0.05, 0) is 42.8 Å². The van der Waals surface area contributed by atoms with Crippen LogP contribution in [0.15, 0.2) is 76.4 Å². The topological polar surface area (TPSA) is 75.8 Å². The van der Waals surface area contributed by atoms with Crippen molar-refractivity contribution in [2.75, 3.05) is 13.2 Å². The molecule has 0 aliphatic carbocycles. The zero-order valence-electron chi connectivity index (χ0n) is 17.8. The monoisotopic (exact) mass is 428 g/mol. The van der Waals surface area contributed by atoms with Gasteiger partial charge >= 0.3 is 0 Å². The van der Waals surface area contributed by atoms with Gasteiger partial charge in [-0.25, -0.2) is 0 Å². The Morgan fingerprint density at radius 3 is 2.91 bits per heavy atom. The van der Waals surface area contributed by atoms with E-state index in [-0.39, 0.29) is 5.43 Å². The zero-order valence-corrected chi connectivity index (χ0v) is 17.8. The molecule has 2 aromatic heterocycles. The molecule has 0 fully saturated rings. The number of aliphatic hydroxyl groups excluding tert-OH is 1. The fourth-order valence-corrected chi connectivity index (χ4v) is 4.14. The first-order chi connectivity index (χ1) is 15.6. The van der Waals surface area contributed by atoms with Gasteiger partial charge in [0.1, 0.15) is 24.0 Å². The van der Waals surface area contributed by atoms with Crippen molar-refractivity contribution in [1.82, 2.24) is 9.88 Å². The van der Waals surface area contributed by atoms with E-state index in [4.69, 9.17) is 9.15 Å². The van der Waals surface area contributed by atoms with Crippen molar-refractivity contribution >= 4 is 11.0 Å². The smallest absolute Gasteiger partial charge is 0.197 e. The highest BCUT2D eigenvalue weighted by Crippen LogP contribution is 2.29. The lowest BCUT2D eigenvalue weighted by molar-refractivity contribution is 0.217. The molecular formula is C26H24N2O4. The average Bonchev–Trinajstić information content (AvgIpc) is 3.02. The van der Waals surface area contributed by atoms with Crippen molar-refractivity contribution in [3.63, 3.8) is 0 Å². The first-order valence-electron chi connectivity index (χ1n) is 10.7. The van der Waals surface area contributed by atoms with E-state index in [0.29, 0.717) is 42.8 Å². The summed E-state index contributed by atoms with van der Waals surface area (Å²) in [5.41, 5.74) is 4.75. The maximum Gasteiger partial charge on any atom is 0.197 e. The molecule has 2 aromatic carbocycles. The van der Waals surface area contributed by atoms with Crippen LogP contribution in [0.3, 0.4) is 0 Å². The van der Waals surface area contributed by atoms with E-state index in [1.165, 1.54) is 0 Å². The summed E-state index contributed by atoms with van der Waals surface area (Å²) in [4.78, 5) is 19.3. The summed E-state index contributed by atoms with van der Waals surface area (Å²) in [7, 11) is 0. The minimum Gasteiger partial charge on any atom is -0.492 e. The summed E-state index contributed by atoms with van der Waals surface area (Å²) in [6, 6.07) is 15.1. The molecule has 0 amide bonds. The largest absolute Gasteiger partial charge is 0.492 e. The van der Waals surface area contributed by atoms with E-state index in [1.54, 1.807) is 18.7 Å². The van der Waals surface area contributed by atoms with E-state index >= 15 is 0 Å². The van der Waals surface area contributed by atoms with Gasteiger partial charge in [-0.3, -0.25) is 14.7 Å². The van der Waals surface area contributed by atoms with Crippen molar-refractivity contribution < 1.29 is 14.3 Å². The highest BCUT2D eigenvalue weighted by atomic mass is 16.5. The van der Waals surface area contributed by atoms with E-state index in [9.17, 15) is 9.90 Å². The number of aromatic nitrogens is 1. The molecule has 4 aromatic rings. The molecule has 0 radical (unpaired) electrons. The second-order valence-corrected chi connectivity index (χ2v) is 8.20. The third-order valence-electron chi connectivity index (χ3n) is 5.85. The van der Waals surface area contributed by atoms with Gasteiger partial charge in [0.15, 0.2) is 5.43 Å². The first-order valence-corrected chi connectivity index (χ1v) is 10.7. The highest BCUT2D eigenvalue weighted by molar-refractivity contribution is 5.77. The van der Waals surface area contributed by atoms with E-state index < -0.39 is 6.10 Å². The van der Waals surface area contributed by atoms with Crippen LogP contribution in [0.1, 0.15) is 33.9 Å². The predicted octanol–water partition coefficient (Wildman–Crippen LogP) is 3.97. The number of hydrogen-bond donors (Lipinski definition) is 1. The lowest BCUT2D eigenvalue weighted by atomic mass is 10.00. The molecule has 0 bridgehead atoms. The SMILES string of the molecule is Cc1ccc2occ(CN3CCOc4ccc(C(O)c5cccnc5)cc4C3)c(=O)c2c1. The molecule has 162 valence electrons. The van der Waals surface area contributed by atoms with Crippen molar-refractivity contribution in [2.24, 2.45) is 0 Å². The van der Waals surface area contributed by atoms with Gasteiger partial charge in [-0.15, -0.1) is 0 Å². The molecule has 1 unspecified atom stereocenters. The maximum absolute atomic E-state index is 13.0. The van der Waals surface area contributed by atoms with E-state index in [1.807, 2.05) is 55.5 Å². The molecule has 0 saturated heterocycles. The minimum absolute atomic E-state index is 0.00101. The molecule has 5 rings (SSSR count). The van der Waals surface area contributed by atoms with Gasteiger partial charge < -0.3 is 14.3 Å². The standard InChI is InChI=1S/C26H24N2O4/c1-17-4-6-24-22(11-17)26(30)21(16-32-24)15-28-9-10-31-23-7-5-18(12-20(23)14-28)25(29)19-3-2-8-27-13-19/h2-8,11-13,16,25,29H,9-10,14-15H2,1H3. The third-order valence-corrected chi connectivity index (χ3v) is 5.85. The van der Waals surface area contributed by atoms with Crippen LogP contribution in [0.2, 0.25) is 0 Å². The van der Waals surface area contributed by atoms with Gasteiger partial charge in [0.05, 0.1) is 11.6 Å². The predicted molar refractivity (Wildman–Crippen MR) is 122 cm³/mol. The Kier molecular flexibility index (Phi) is 5.47. The third kappa shape index (κ3) is 4.02. The lowest BCUT2D eigenvalue weighted by Crippen LogP contribution is -2.28. The summed E-state index contributed by atoms with van der Waals surface area (Å²) < 4.78 is 11.7. The van der Waals surface area contributed by atoms with E-state index in [2.05, 4.69) is 9.88 Å². The lowest BCUT2D eigenvalue weighted by Gasteiger charge is -2.19. The Morgan fingerprint density at radius 2 is 2.06 bits per heavy atom. The van der Waals surface area contributed by atoms with Crippen LogP contribution >= 0.6 is 0 Å². The summed E-state index contributed by atoms with van der Waals surface area (Å²) in [5.74, 6) is 0.802. The molecule has 1 atom stereocenters. The van der Waals surface area contributed by atoms with Gasteiger partial charge in [0.25, 0.3) is 0 Å². The zero-order chi connectivity index (χ0) is 22.1. The van der Waals surface area contributed by atoms with Crippen LogP contribution < -0.4 is 10.2 Å². The van der Waals surface area contributed by atoms with Crippen LogP contribution in [-0.4, -0.2) is 28.1 Å². The van der Waals surface area contributed by atoms with Gasteiger partial charge in [-0.2, -0.15) is 0 Å². The first kappa shape index (κ1) is 20.4. The summed E-state index contributed by atoms with van der Waals surface area (Å²) in [5, 5.41) is 11.4. The molecule has 1 aliphatic rings. The molecule has 32 heavy (non-hydrogen) atoms. The average molecular weight is 428 g/mol. The number of nitrogens with zero attached hydrogens (tertiary/aromatic N) is 2. The molecule has 1 N–H and O–H groups in total. The Labute approximate surface area is 185 Å². The number of pyridine rings is 1. The van der Waals surface area contributed by atoms with Gasteiger partial charge in [0, 0.05) is 48.7 Å². The number of benzene rings is 2. The molecular weight excluding hydrogens is 404 g/mol. The van der Waals surface area contributed by atoms with Crippen molar-refractivity contribution in [1.29, 1.82) is 0 Å². The van der Waals surface area contributed by atoms with Gasteiger partial charge in [-0.1, -0.05) is 23.8 Å². The van der Waals surface area contributed by atoms with Crippen LogP contribution in [-0.2, 0) is 13.1 Å². The Balaban J connectivity index is 1.41. The van der Waals surface area contributed by atoms with E-state index in [0.717, 1.165) is 28.0 Å². The fourth-order valence-electron chi connectivity index (χ4n) is 4.14. The number of aryl methyl sites for hydroxylation is 1. The maximum atomic E-state index is 13.0. The molecule has 0 spiro atoms. The summed E-state index contributed by atoms with van der Waals surface area (Å²) >= 11 is 0.